The highest BCUT2D eigenvalue weighted by Crippen LogP contribution is 2.29. The van der Waals surface area contributed by atoms with Crippen molar-refractivity contribution in [3.05, 3.63) is 36.5 Å². The summed E-state index contributed by atoms with van der Waals surface area (Å²) in [6, 6.07) is 9.86. The molecule has 0 N–H and O–H groups in total. The maximum atomic E-state index is 5.62. The second kappa shape index (κ2) is 5.35. The Kier molecular flexibility index (Phi) is 3.59. The lowest BCUT2D eigenvalue weighted by Gasteiger charge is -2.03. The second-order valence-electron chi connectivity index (χ2n) is 3.59. The lowest BCUT2D eigenvalue weighted by Crippen LogP contribution is -1.96. The van der Waals surface area contributed by atoms with Gasteiger partial charge in [0.2, 0.25) is 5.76 Å². The summed E-state index contributed by atoms with van der Waals surface area (Å²) in [4.78, 5) is 0. The number of rotatable bonds is 5. The highest BCUT2D eigenvalue weighted by molar-refractivity contribution is 5.63. The van der Waals surface area contributed by atoms with Crippen LogP contribution < -0.4 is 4.74 Å². The van der Waals surface area contributed by atoms with Gasteiger partial charge in [0.25, 0.3) is 0 Å². The average Bonchev–Trinajstić information content (AvgIpc) is 2.79. The summed E-state index contributed by atoms with van der Waals surface area (Å²) in [5.41, 5.74) is 0.992. The molecule has 3 heteroatoms. The first-order valence-corrected chi connectivity index (χ1v) is 5.54. The van der Waals surface area contributed by atoms with Gasteiger partial charge in [-0.25, -0.2) is 0 Å². The highest BCUT2D eigenvalue weighted by atomic mass is 16.5. The number of benzene rings is 1. The molecule has 0 saturated heterocycles. The molecule has 0 saturated carbocycles. The number of hydrogen-bond donors (Lipinski definition) is 0. The monoisotopic (exact) mass is 217 g/mol. The summed E-state index contributed by atoms with van der Waals surface area (Å²) in [6.07, 6.45) is 3.78. The number of nitrogens with zero attached hydrogens (tertiary/aromatic N) is 1. The quantitative estimate of drug-likeness (QED) is 0.719. The van der Waals surface area contributed by atoms with Crippen molar-refractivity contribution < 1.29 is 9.26 Å². The number of unbranched alkanes of at least 4 members (excludes halogenated alkanes) is 1. The highest BCUT2D eigenvalue weighted by Gasteiger charge is 2.10. The SMILES string of the molecule is CCCCOc1cnoc1-c1ccccc1. The van der Waals surface area contributed by atoms with E-state index in [0.717, 1.165) is 24.2 Å². The summed E-state index contributed by atoms with van der Waals surface area (Å²) in [5.74, 6) is 1.43. The summed E-state index contributed by atoms with van der Waals surface area (Å²) in [6.45, 7) is 2.84. The van der Waals surface area contributed by atoms with E-state index in [1.165, 1.54) is 0 Å². The molecule has 0 spiro atoms. The number of aromatic nitrogens is 1. The van der Waals surface area contributed by atoms with Gasteiger partial charge in [0.05, 0.1) is 6.61 Å². The first kappa shape index (κ1) is 10.7. The molecule has 0 radical (unpaired) electrons. The Balaban J connectivity index is 2.13. The van der Waals surface area contributed by atoms with E-state index in [2.05, 4.69) is 12.1 Å². The van der Waals surface area contributed by atoms with E-state index in [4.69, 9.17) is 9.26 Å². The van der Waals surface area contributed by atoms with E-state index >= 15 is 0 Å². The summed E-state index contributed by atoms with van der Waals surface area (Å²) < 4.78 is 10.8. The Labute approximate surface area is 95.0 Å². The molecule has 0 amide bonds. The van der Waals surface area contributed by atoms with Gasteiger partial charge in [-0.3, -0.25) is 0 Å². The van der Waals surface area contributed by atoms with Gasteiger partial charge in [0.15, 0.2) is 5.75 Å². The van der Waals surface area contributed by atoms with Gasteiger partial charge in [-0.15, -0.1) is 0 Å². The fourth-order valence-electron chi connectivity index (χ4n) is 1.44. The molecule has 0 unspecified atom stereocenters. The zero-order chi connectivity index (χ0) is 11.2. The van der Waals surface area contributed by atoms with E-state index in [9.17, 15) is 0 Å². The largest absolute Gasteiger partial charge is 0.488 e. The third-order valence-corrected chi connectivity index (χ3v) is 2.33. The predicted octanol–water partition coefficient (Wildman–Crippen LogP) is 3.52. The molecule has 1 aromatic carbocycles. The minimum absolute atomic E-state index is 0.705. The summed E-state index contributed by atoms with van der Waals surface area (Å²) in [5, 5.41) is 3.78. The van der Waals surface area contributed by atoms with Crippen LogP contribution in [-0.4, -0.2) is 11.8 Å². The van der Waals surface area contributed by atoms with Crippen molar-refractivity contribution in [3.63, 3.8) is 0 Å². The molecule has 0 aliphatic heterocycles. The van der Waals surface area contributed by atoms with Crippen LogP contribution in [0.2, 0.25) is 0 Å². The van der Waals surface area contributed by atoms with Crippen LogP contribution >= 0.6 is 0 Å². The molecule has 1 heterocycles. The van der Waals surface area contributed by atoms with Gasteiger partial charge in [0.1, 0.15) is 6.20 Å². The molecule has 2 aromatic rings. The Morgan fingerprint density at radius 2 is 2.06 bits per heavy atom. The third kappa shape index (κ3) is 2.42. The Hall–Kier alpha value is -1.77. The fraction of sp³-hybridized carbons (Fsp3) is 0.308. The van der Waals surface area contributed by atoms with Gasteiger partial charge in [-0.1, -0.05) is 48.8 Å². The smallest absolute Gasteiger partial charge is 0.208 e. The van der Waals surface area contributed by atoms with Crippen molar-refractivity contribution in [2.75, 3.05) is 6.61 Å². The van der Waals surface area contributed by atoms with E-state index in [-0.39, 0.29) is 0 Å². The van der Waals surface area contributed by atoms with Gasteiger partial charge < -0.3 is 9.26 Å². The molecule has 2 rings (SSSR count). The fourth-order valence-corrected chi connectivity index (χ4v) is 1.44. The van der Waals surface area contributed by atoms with E-state index in [1.807, 2.05) is 30.3 Å². The van der Waals surface area contributed by atoms with Crippen molar-refractivity contribution in [2.45, 2.75) is 19.8 Å². The third-order valence-electron chi connectivity index (χ3n) is 2.33. The van der Waals surface area contributed by atoms with Gasteiger partial charge >= 0.3 is 0 Å². The first-order valence-electron chi connectivity index (χ1n) is 5.54. The van der Waals surface area contributed by atoms with Crippen molar-refractivity contribution in [2.24, 2.45) is 0 Å². The predicted molar refractivity (Wildman–Crippen MR) is 62.3 cm³/mol. The lowest BCUT2D eigenvalue weighted by molar-refractivity contribution is 0.307. The molecular weight excluding hydrogens is 202 g/mol. The van der Waals surface area contributed by atoms with Crippen LogP contribution in [0.25, 0.3) is 11.3 Å². The van der Waals surface area contributed by atoms with Crippen LogP contribution in [0.1, 0.15) is 19.8 Å². The minimum Gasteiger partial charge on any atom is -0.488 e. The minimum atomic E-state index is 0.705. The topological polar surface area (TPSA) is 35.3 Å². The zero-order valence-electron chi connectivity index (χ0n) is 9.35. The van der Waals surface area contributed by atoms with E-state index in [0.29, 0.717) is 12.4 Å². The maximum absolute atomic E-state index is 5.62. The van der Waals surface area contributed by atoms with Crippen LogP contribution in [-0.2, 0) is 0 Å². The van der Waals surface area contributed by atoms with Gasteiger partial charge in [0, 0.05) is 5.56 Å². The van der Waals surface area contributed by atoms with Crippen LogP contribution in [0.3, 0.4) is 0 Å². The number of hydrogen-bond acceptors (Lipinski definition) is 3. The molecule has 84 valence electrons. The van der Waals surface area contributed by atoms with Crippen LogP contribution in [0.15, 0.2) is 41.1 Å². The Morgan fingerprint density at radius 3 is 2.81 bits per heavy atom. The molecule has 0 bridgehead atoms. The molecule has 0 aliphatic rings. The molecule has 3 nitrogen and oxygen atoms in total. The molecule has 0 aliphatic carbocycles. The zero-order valence-corrected chi connectivity index (χ0v) is 9.35. The standard InChI is InChI=1S/C13H15NO2/c1-2-3-9-15-12-10-14-16-13(12)11-7-5-4-6-8-11/h4-8,10H,2-3,9H2,1H3. The average molecular weight is 217 g/mol. The Bertz CT molecular complexity index is 423. The normalized spacial score (nSPS) is 10.3. The second-order valence-corrected chi connectivity index (χ2v) is 3.59. The molecule has 16 heavy (non-hydrogen) atoms. The van der Waals surface area contributed by atoms with Gasteiger partial charge in [-0.05, 0) is 6.42 Å². The Morgan fingerprint density at radius 1 is 1.25 bits per heavy atom. The summed E-state index contributed by atoms with van der Waals surface area (Å²) >= 11 is 0. The van der Waals surface area contributed by atoms with Gasteiger partial charge in [-0.2, -0.15) is 0 Å². The lowest BCUT2D eigenvalue weighted by atomic mass is 10.2. The first-order chi connectivity index (χ1) is 7.92. The number of ether oxygens (including phenoxy) is 1. The van der Waals surface area contributed by atoms with Crippen LogP contribution in [0.5, 0.6) is 5.75 Å². The van der Waals surface area contributed by atoms with Crippen molar-refractivity contribution in [3.8, 4) is 17.1 Å². The van der Waals surface area contributed by atoms with E-state index < -0.39 is 0 Å². The van der Waals surface area contributed by atoms with E-state index in [1.54, 1.807) is 6.20 Å². The molecule has 0 fully saturated rings. The van der Waals surface area contributed by atoms with Crippen LogP contribution in [0, 0.1) is 0 Å². The van der Waals surface area contributed by atoms with Crippen molar-refractivity contribution >= 4 is 0 Å². The van der Waals surface area contributed by atoms with Crippen molar-refractivity contribution in [1.29, 1.82) is 0 Å². The van der Waals surface area contributed by atoms with Crippen molar-refractivity contribution in [1.82, 2.24) is 5.16 Å². The maximum Gasteiger partial charge on any atom is 0.208 e. The molecular formula is C13H15NO2. The molecule has 1 aromatic heterocycles. The summed E-state index contributed by atoms with van der Waals surface area (Å²) in [7, 11) is 0. The van der Waals surface area contributed by atoms with Crippen LogP contribution in [0.4, 0.5) is 0 Å². The molecule has 0 atom stereocenters.